The van der Waals surface area contributed by atoms with E-state index >= 15 is 0 Å². The molecule has 0 saturated heterocycles. The molecule has 0 unspecified atom stereocenters. The molecule has 0 atom stereocenters. The van der Waals surface area contributed by atoms with E-state index in [0.717, 1.165) is 16.8 Å². The van der Waals surface area contributed by atoms with E-state index in [-0.39, 0.29) is 11.9 Å². The number of hydrogen-bond acceptors (Lipinski definition) is 4. The van der Waals surface area contributed by atoms with Gasteiger partial charge in [-0.05, 0) is 56.2 Å². The molecule has 0 aliphatic carbocycles. The fraction of sp³-hybridized carbons (Fsp3) is 0.227. The van der Waals surface area contributed by atoms with E-state index in [1.165, 1.54) is 0 Å². The molecule has 2 aromatic carbocycles. The van der Waals surface area contributed by atoms with Crippen molar-refractivity contribution in [3.8, 4) is 0 Å². The van der Waals surface area contributed by atoms with E-state index in [4.69, 9.17) is 0 Å². The van der Waals surface area contributed by atoms with Gasteiger partial charge < -0.3 is 10.2 Å². The molecule has 3 rings (SSSR count). The first kappa shape index (κ1) is 18.6. The van der Waals surface area contributed by atoms with Crippen molar-refractivity contribution >= 4 is 17.4 Å². The molecule has 0 fully saturated rings. The van der Waals surface area contributed by atoms with E-state index in [2.05, 4.69) is 15.5 Å². The van der Waals surface area contributed by atoms with Gasteiger partial charge in [0.05, 0.1) is 0 Å². The predicted octanol–water partition coefficient (Wildman–Crippen LogP) is 4.58. The van der Waals surface area contributed by atoms with Gasteiger partial charge in [0.2, 0.25) is 0 Å². The van der Waals surface area contributed by atoms with E-state index < -0.39 is 0 Å². The molecular weight excluding hydrogens is 336 g/mol. The second-order valence-corrected chi connectivity index (χ2v) is 6.81. The van der Waals surface area contributed by atoms with E-state index in [1.54, 1.807) is 17.0 Å². The number of carbonyl (C=O) groups is 1. The summed E-state index contributed by atoms with van der Waals surface area (Å²) in [5, 5.41) is 11.5. The van der Waals surface area contributed by atoms with Crippen molar-refractivity contribution in [1.29, 1.82) is 0 Å². The number of aromatic nitrogens is 2. The third kappa shape index (κ3) is 4.91. The monoisotopic (exact) mass is 360 g/mol. The van der Waals surface area contributed by atoms with Gasteiger partial charge in [-0.15, -0.1) is 10.2 Å². The quantitative estimate of drug-likeness (QED) is 0.699. The van der Waals surface area contributed by atoms with Gasteiger partial charge in [-0.25, -0.2) is 0 Å². The molecule has 1 N–H and O–H groups in total. The highest BCUT2D eigenvalue weighted by molar-refractivity contribution is 5.92. The molecular formula is C22H24N4O. The van der Waals surface area contributed by atoms with Crippen LogP contribution in [-0.4, -0.2) is 27.0 Å². The van der Waals surface area contributed by atoms with Gasteiger partial charge >= 0.3 is 0 Å². The Morgan fingerprint density at radius 1 is 1.00 bits per heavy atom. The number of amides is 1. The van der Waals surface area contributed by atoms with Gasteiger partial charge in [0.15, 0.2) is 11.5 Å². The maximum atomic E-state index is 12.9. The van der Waals surface area contributed by atoms with Crippen LogP contribution in [0, 0.1) is 6.92 Å². The molecule has 5 heteroatoms. The van der Waals surface area contributed by atoms with Crippen LogP contribution in [0.25, 0.3) is 0 Å². The lowest BCUT2D eigenvalue weighted by Crippen LogP contribution is -2.37. The Morgan fingerprint density at radius 3 is 2.41 bits per heavy atom. The molecule has 1 heterocycles. The van der Waals surface area contributed by atoms with Gasteiger partial charge in [0.1, 0.15) is 0 Å². The Balaban J connectivity index is 1.73. The van der Waals surface area contributed by atoms with Gasteiger partial charge in [0, 0.05) is 18.3 Å². The van der Waals surface area contributed by atoms with Crippen molar-refractivity contribution in [3.05, 3.63) is 83.6 Å². The van der Waals surface area contributed by atoms with Crippen molar-refractivity contribution < 1.29 is 4.79 Å². The Kier molecular flexibility index (Phi) is 5.81. The first-order chi connectivity index (χ1) is 13.0. The van der Waals surface area contributed by atoms with Crippen LogP contribution in [0.5, 0.6) is 0 Å². The normalized spacial score (nSPS) is 10.7. The van der Waals surface area contributed by atoms with Crippen LogP contribution >= 0.6 is 0 Å². The molecule has 1 aromatic heterocycles. The lowest BCUT2D eigenvalue weighted by Gasteiger charge is -2.26. The van der Waals surface area contributed by atoms with Crippen LogP contribution in [0.15, 0.2) is 66.7 Å². The summed E-state index contributed by atoms with van der Waals surface area (Å²) in [6.07, 6.45) is 0. The number of benzene rings is 2. The van der Waals surface area contributed by atoms with E-state index in [0.29, 0.717) is 18.1 Å². The molecule has 0 aliphatic heterocycles. The van der Waals surface area contributed by atoms with Crippen LogP contribution in [0.3, 0.4) is 0 Å². The lowest BCUT2D eigenvalue weighted by molar-refractivity contribution is 0.0683. The third-order valence-corrected chi connectivity index (χ3v) is 4.25. The van der Waals surface area contributed by atoms with E-state index in [1.807, 2.05) is 75.4 Å². The van der Waals surface area contributed by atoms with Gasteiger partial charge in [-0.3, -0.25) is 4.79 Å². The molecule has 0 bridgehead atoms. The predicted molar refractivity (Wildman–Crippen MR) is 108 cm³/mol. The molecule has 0 spiro atoms. The standard InChI is InChI=1S/C22H24N4O/c1-16(2)26(15-18-9-5-4-6-10-18)22(27)20-12-13-21(25-24-20)23-19-11-7-8-17(3)14-19/h4-14,16H,15H2,1-3H3,(H,23,25). The Morgan fingerprint density at radius 2 is 1.78 bits per heavy atom. The number of nitrogens with zero attached hydrogens (tertiary/aromatic N) is 3. The highest BCUT2D eigenvalue weighted by Gasteiger charge is 2.20. The third-order valence-electron chi connectivity index (χ3n) is 4.25. The van der Waals surface area contributed by atoms with Crippen molar-refractivity contribution in [2.24, 2.45) is 0 Å². The summed E-state index contributed by atoms with van der Waals surface area (Å²) in [7, 11) is 0. The molecule has 0 radical (unpaired) electrons. The highest BCUT2D eigenvalue weighted by atomic mass is 16.2. The van der Waals surface area contributed by atoms with Crippen molar-refractivity contribution in [2.45, 2.75) is 33.4 Å². The van der Waals surface area contributed by atoms with Gasteiger partial charge in [-0.2, -0.15) is 0 Å². The van der Waals surface area contributed by atoms with Crippen molar-refractivity contribution in [3.63, 3.8) is 0 Å². The lowest BCUT2D eigenvalue weighted by atomic mass is 10.1. The summed E-state index contributed by atoms with van der Waals surface area (Å²) < 4.78 is 0. The van der Waals surface area contributed by atoms with Crippen LogP contribution in [-0.2, 0) is 6.54 Å². The summed E-state index contributed by atoms with van der Waals surface area (Å²) in [6, 6.07) is 21.5. The summed E-state index contributed by atoms with van der Waals surface area (Å²) in [5.41, 5.74) is 3.53. The Bertz CT molecular complexity index is 892. The number of anilines is 2. The Hall–Kier alpha value is -3.21. The largest absolute Gasteiger partial charge is 0.339 e. The number of rotatable bonds is 6. The fourth-order valence-corrected chi connectivity index (χ4v) is 2.80. The topological polar surface area (TPSA) is 58.1 Å². The SMILES string of the molecule is Cc1cccc(Nc2ccc(C(=O)N(Cc3ccccc3)C(C)C)nn2)c1. The zero-order valence-electron chi connectivity index (χ0n) is 15.9. The minimum Gasteiger partial charge on any atom is -0.339 e. The zero-order valence-corrected chi connectivity index (χ0v) is 15.9. The van der Waals surface area contributed by atoms with E-state index in [9.17, 15) is 4.79 Å². The van der Waals surface area contributed by atoms with Crippen LogP contribution in [0.1, 0.15) is 35.5 Å². The second kappa shape index (κ2) is 8.45. The summed E-state index contributed by atoms with van der Waals surface area (Å²) in [4.78, 5) is 14.7. The number of carbonyl (C=O) groups excluding carboxylic acids is 1. The smallest absolute Gasteiger partial charge is 0.274 e. The fourth-order valence-electron chi connectivity index (χ4n) is 2.80. The van der Waals surface area contributed by atoms with Crippen LogP contribution in [0.4, 0.5) is 11.5 Å². The molecule has 138 valence electrons. The summed E-state index contributed by atoms with van der Waals surface area (Å²) in [6.45, 7) is 6.58. The average Bonchev–Trinajstić information content (AvgIpc) is 2.67. The minimum atomic E-state index is -0.122. The number of nitrogens with one attached hydrogen (secondary N) is 1. The number of aryl methyl sites for hydroxylation is 1. The molecule has 1 amide bonds. The maximum absolute atomic E-state index is 12.9. The first-order valence-electron chi connectivity index (χ1n) is 9.05. The molecule has 3 aromatic rings. The first-order valence-corrected chi connectivity index (χ1v) is 9.05. The molecule has 5 nitrogen and oxygen atoms in total. The number of hydrogen-bond donors (Lipinski definition) is 1. The van der Waals surface area contributed by atoms with Crippen LogP contribution in [0.2, 0.25) is 0 Å². The summed E-state index contributed by atoms with van der Waals surface area (Å²) >= 11 is 0. The van der Waals surface area contributed by atoms with Gasteiger partial charge in [-0.1, -0.05) is 42.5 Å². The van der Waals surface area contributed by atoms with Crippen LogP contribution < -0.4 is 5.32 Å². The second-order valence-electron chi connectivity index (χ2n) is 6.81. The Labute approximate surface area is 160 Å². The summed E-state index contributed by atoms with van der Waals surface area (Å²) in [5.74, 6) is 0.486. The minimum absolute atomic E-state index is 0.0598. The zero-order chi connectivity index (χ0) is 19.2. The highest BCUT2D eigenvalue weighted by Crippen LogP contribution is 2.16. The maximum Gasteiger partial charge on any atom is 0.274 e. The van der Waals surface area contributed by atoms with Gasteiger partial charge in [0.25, 0.3) is 5.91 Å². The van der Waals surface area contributed by atoms with Crippen molar-refractivity contribution in [2.75, 3.05) is 5.32 Å². The molecule has 27 heavy (non-hydrogen) atoms. The molecule has 0 saturated carbocycles. The van der Waals surface area contributed by atoms with Crippen molar-refractivity contribution in [1.82, 2.24) is 15.1 Å². The molecule has 0 aliphatic rings. The average molecular weight is 360 g/mol.